The van der Waals surface area contributed by atoms with E-state index in [9.17, 15) is 13.6 Å². The number of hydrogen-bond acceptors (Lipinski definition) is 7. The highest BCUT2D eigenvalue weighted by molar-refractivity contribution is 5.69. The van der Waals surface area contributed by atoms with Gasteiger partial charge in [-0.25, -0.2) is 23.6 Å². The van der Waals surface area contributed by atoms with Gasteiger partial charge in [-0.15, -0.1) is 0 Å². The lowest BCUT2D eigenvalue weighted by atomic mass is 10.2. The molecule has 184 valence electrons. The van der Waals surface area contributed by atoms with Crippen molar-refractivity contribution in [2.24, 2.45) is 4.99 Å². The van der Waals surface area contributed by atoms with E-state index in [4.69, 9.17) is 9.47 Å². The molecule has 0 saturated carbocycles. The first-order chi connectivity index (χ1) is 16.7. The van der Waals surface area contributed by atoms with Crippen LogP contribution in [0.2, 0.25) is 0 Å². The molecule has 4 aliphatic rings. The number of fused-ring (bicyclic) bond motifs is 3. The molecule has 1 amide bonds. The van der Waals surface area contributed by atoms with Crippen molar-refractivity contribution in [2.45, 2.75) is 45.4 Å². The summed E-state index contributed by atoms with van der Waals surface area (Å²) in [5.74, 6) is 0.148. The van der Waals surface area contributed by atoms with Crippen molar-refractivity contribution >= 4 is 11.9 Å². The van der Waals surface area contributed by atoms with Crippen LogP contribution in [0.15, 0.2) is 35.5 Å². The van der Waals surface area contributed by atoms with Gasteiger partial charge in [0.1, 0.15) is 17.2 Å². The number of aromatic nitrogens is 3. The van der Waals surface area contributed by atoms with Crippen LogP contribution in [0.1, 0.15) is 27.2 Å². The predicted molar refractivity (Wildman–Crippen MR) is 123 cm³/mol. The van der Waals surface area contributed by atoms with E-state index in [-0.39, 0.29) is 17.9 Å². The molecule has 0 radical (unpaired) electrons. The smallest absolute Gasteiger partial charge is 0.410 e. The fourth-order valence-electron chi connectivity index (χ4n) is 4.15. The Balaban J connectivity index is 1.41. The van der Waals surface area contributed by atoms with Crippen molar-refractivity contribution in [1.29, 1.82) is 0 Å². The fraction of sp³-hybridized carbons (Fsp3) is 0.417. The average Bonchev–Trinajstić information content (AvgIpc) is 3.45. The van der Waals surface area contributed by atoms with Crippen LogP contribution in [0.4, 0.5) is 19.4 Å². The number of benzene rings is 1. The molecule has 1 N–H and O–H groups in total. The molecule has 9 nitrogen and oxygen atoms in total. The summed E-state index contributed by atoms with van der Waals surface area (Å²) in [6.45, 7) is 7.78. The minimum atomic E-state index is -0.788. The Morgan fingerprint density at radius 1 is 1.20 bits per heavy atom. The number of halogens is 2. The number of anilines is 1. The zero-order valence-electron chi connectivity index (χ0n) is 19.7. The van der Waals surface area contributed by atoms with Crippen LogP contribution in [0.5, 0.6) is 11.5 Å². The topological polar surface area (TPSA) is 93.9 Å². The normalized spacial score (nSPS) is 18.0. The van der Waals surface area contributed by atoms with Gasteiger partial charge in [0.05, 0.1) is 6.04 Å². The number of nitrogens with one attached hydrogen (secondary N) is 1. The summed E-state index contributed by atoms with van der Waals surface area (Å²) in [6.07, 6.45) is 1.99. The molecule has 1 aromatic carbocycles. The van der Waals surface area contributed by atoms with Crippen molar-refractivity contribution in [3.05, 3.63) is 47.7 Å². The SMILES string of the molecule is CC(C)(C)OC(=O)N1CCC(N=c2ncc3cc(Oc4ccc(F)cc4F)c4n(c-3n2)CCN4)C1. The molecule has 0 spiro atoms. The second-order valence-corrected chi connectivity index (χ2v) is 9.56. The van der Waals surface area contributed by atoms with Gasteiger partial charge in [0.15, 0.2) is 23.1 Å². The Labute approximate surface area is 200 Å². The van der Waals surface area contributed by atoms with Crippen molar-refractivity contribution in [1.82, 2.24) is 19.4 Å². The minimum absolute atomic E-state index is 0.0782. The second kappa shape index (κ2) is 8.79. The van der Waals surface area contributed by atoms with Crippen LogP contribution >= 0.6 is 0 Å². The molecular formula is C24H26F2N6O3. The number of nitrogens with zero attached hydrogens (tertiary/aromatic N) is 5. The number of amides is 1. The van der Waals surface area contributed by atoms with Gasteiger partial charge in [-0.3, -0.25) is 0 Å². The molecule has 11 heteroatoms. The van der Waals surface area contributed by atoms with Crippen molar-refractivity contribution in [2.75, 3.05) is 25.0 Å². The highest BCUT2D eigenvalue weighted by Gasteiger charge is 2.30. The molecule has 1 atom stereocenters. The van der Waals surface area contributed by atoms with Crippen LogP contribution in [-0.4, -0.2) is 56.8 Å². The summed E-state index contributed by atoms with van der Waals surface area (Å²) in [5, 5.41) is 3.23. The van der Waals surface area contributed by atoms with E-state index in [0.29, 0.717) is 61.2 Å². The van der Waals surface area contributed by atoms with E-state index in [0.717, 1.165) is 12.1 Å². The lowest BCUT2D eigenvalue weighted by Gasteiger charge is -2.24. The van der Waals surface area contributed by atoms with E-state index in [1.165, 1.54) is 6.07 Å². The van der Waals surface area contributed by atoms with E-state index in [1.807, 2.05) is 25.3 Å². The summed E-state index contributed by atoms with van der Waals surface area (Å²) in [5.41, 5.74) is 0.467. The minimum Gasteiger partial charge on any atom is -0.450 e. The molecule has 0 aliphatic carbocycles. The van der Waals surface area contributed by atoms with Crippen LogP contribution in [0.3, 0.4) is 0 Å². The van der Waals surface area contributed by atoms with Gasteiger partial charge in [0.25, 0.3) is 0 Å². The molecule has 0 aromatic heterocycles. The number of hydrogen-bond donors (Lipinski definition) is 1. The van der Waals surface area contributed by atoms with E-state index in [2.05, 4.69) is 20.3 Å². The maximum Gasteiger partial charge on any atom is 0.410 e. The van der Waals surface area contributed by atoms with Crippen LogP contribution in [0, 0.1) is 11.6 Å². The van der Waals surface area contributed by atoms with Crippen molar-refractivity contribution in [3.8, 4) is 22.9 Å². The van der Waals surface area contributed by atoms with Gasteiger partial charge >= 0.3 is 6.09 Å². The molecule has 35 heavy (non-hydrogen) atoms. The predicted octanol–water partition coefficient (Wildman–Crippen LogP) is 3.79. The third-order valence-electron chi connectivity index (χ3n) is 5.68. The lowest BCUT2D eigenvalue weighted by Crippen LogP contribution is -2.35. The number of carbonyl (C=O) groups is 1. The van der Waals surface area contributed by atoms with Gasteiger partial charge in [0.2, 0.25) is 5.62 Å². The Kier molecular flexibility index (Phi) is 5.78. The molecule has 5 rings (SSSR count). The molecular weight excluding hydrogens is 458 g/mol. The summed E-state index contributed by atoms with van der Waals surface area (Å²) in [4.78, 5) is 27.7. The quantitative estimate of drug-likeness (QED) is 0.608. The van der Waals surface area contributed by atoms with Crippen LogP contribution in [0.25, 0.3) is 11.4 Å². The zero-order valence-corrected chi connectivity index (χ0v) is 19.7. The van der Waals surface area contributed by atoms with Crippen LogP contribution < -0.4 is 15.7 Å². The Morgan fingerprint density at radius 2 is 2.03 bits per heavy atom. The summed E-state index contributed by atoms with van der Waals surface area (Å²) < 4.78 is 40.5. The molecule has 4 heterocycles. The highest BCUT2D eigenvalue weighted by atomic mass is 19.1. The number of rotatable bonds is 3. The highest BCUT2D eigenvalue weighted by Crippen LogP contribution is 2.38. The molecule has 0 bridgehead atoms. The van der Waals surface area contributed by atoms with Gasteiger partial charge in [-0.2, -0.15) is 4.98 Å². The molecule has 1 fully saturated rings. The zero-order chi connectivity index (χ0) is 24.7. The van der Waals surface area contributed by atoms with E-state index >= 15 is 0 Å². The molecule has 1 unspecified atom stereocenters. The van der Waals surface area contributed by atoms with Gasteiger partial charge in [-0.05, 0) is 45.4 Å². The van der Waals surface area contributed by atoms with Gasteiger partial charge in [0, 0.05) is 44.0 Å². The third-order valence-corrected chi connectivity index (χ3v) is 5.68. The maximum absolute atomic E-state index is 14.1. The molecule has 1 aromatic rings. The first-order valence-corrected chi connectivity index (χ1v) is 11.5. The van der Waals surface area contributed by atoms with E-state index < -0.39 is 17.2 Å². The number of likely N-dealkylation sites (tertiary alicyclic amines) is 1. The third kappa shape index (κ3) is 4.89. The number of ether oxygens (including phenoxy) is 2. The maximum atomic E-state index is 14.1. The summed E-state index contributed by atoms with van der Waals surface area (Å²) >= 11 is 0. The standard InChI is InChI=1S/C24H26F2N6O3/c1-24(2,3)35-23(33)31-8-6-16(13-31)29-22-28-12-14-10-19(21-27-7-9-32(21)20(14)30-22)34-18-5-4-15(25)11-17(18)26/h4-5,10-12,16,27H,6-9,13H2,1-3H3. The first-order valence-electron chi connectivity index (χ1n) is 11.5. The lowest BCUT2D eigenvalue weighted by molar-refractivity contribution is 0.0292. The summed E-state index contributed by atoms with van der Waals surface area (Å²) in [6, 6.07) is 4.76. The second-order valence-electron chi connectivity index (χ2n) is 9.56. The van der Waals surface area contributed by atoms with Crippen molar-refractivity contribution in [3.63, 3.8) is 0 Å². The first kappa shape index (κ1) is 23.0. The fourth-order valence-corrected chi connectivity index (χ4v) is 4.15. The largest absolute Gasteiger partial charge is 0.450 e. The molecule has 4 aliphatic heterocycles. The van der Waals surface area contributed by atoms with Gasteiger partial charge < -0.3 is 24.3 Å². The Hall–Kier alpha value is -3.76. The summed E-state index contributed by atoms with van der Waals surface area (Å²) in [7, 11) is 0. The van der Waals surface area contributed by atoms with Gasteiger partial charge in [-0.1, -0.05) is 0 Å². The monoisotopic (exact) mass is 484 g/mol. The Bertz CT molecular complexity index is 1320. The van der Waals surface area contributed by atoms with Crippen molar-refractivity contribution < 1.29 is 23.0 Å². The Morgan fingerprint density at radius 3 is 2.80 bits per heavy atom. The molecule has 1 saturated heterocycles. The van der Waals surface area contributed by atoms with Crippen LogP contribution in [-0.2, 0) is 11.3 Å². The number of pyridine rings is 1. The van der Waals surface area contributed by atoms with E-state index in [1.54, 1.807) is 17.2 Å². The average molecular weight is 485 g/mol. The number of carbonyl (C=O) groups excluding carboxylic acids is 1.